The molecular weight excluding hydrogens is 236 g/mol. The highest BCUT2D eigenvalue weighted by atomic mass is 127. The predicted molar refractivity (Wildman–Crippen MR) is 39.7 cm³/mol. The first kappa shape index (κ1) is 6.73. The fourth-order valence-electron chi connectivity index (χ4n) is 0.436. The van der Waals surface area contributed by atoms with Crippen molar-refractivity contribution in [1.82, 2.24) is 4.98 Å². The normalized spacial score (nSPS) is 9.56. The number of aromatic nitrogens is 1. The van der Waals surface area contributed by atoms with Crippen LogP contribution in [0.5, 0.6) is 0 Å². The van der Waals surface area contributed by atoms with Gasteiger partial charge in [-0.2, -0.15) is 0 Å². The van der Waals surface area contributed by atoms with Crippen molar-refractivity contribution in [2.75, 3.05) is 0 Å². The fourth-order valence-corrected chi connectivity index (χ4v) is 0.771. The lowest BCUT2D eigenvalue weighted by molar-refractivity contribution is 0.615. The lowest BCUT2D eigenvalue weighted by Crippen LogP contribution is -2.09. The number of aromatic amines is 1. The van der Waals surface area contributed by atoms with Crippen LogP contribution in [0.25, 0.3) is 0 Å². The molecule has 48 valence electrons. The minimum absolute atomic E-state index is 0.107. The third kappa shape index (κ3) is 1.29. The third-order valence-corrected chi connectivity index (χ3v) is 1.86. The first-order valence-electron chi connectivity index (χ1n) is 2.24. The Labute approximate surface area is 64.2 Å². The number of nitrogens with one attached hydrogen (secondary N) is 1. The van der Waals surface area contributed by atoms with E-state index >= 15 is 0 Å². The van der Waals surface area contributed by atoms with Crippen LogP contribution >= 0.6 is 22.6 Å². The van der Waals surface area contributed by atoms with Crippen LogP contribution in [0.4, 0.5) is 4.39 Å². The highest BCUT2D eigenvalue weighted by Gasteiger charge is 1.98. The summed E-state index contributed by atoms with van der Waals surface area (Å²) < 4.78 is 12.5. The number of pyridine rings is 1. The molecule has 4 heteroatoms. The summed E-state index contributed by atoms with van der Waals surface area (Å²) in [6.07, 6.45) is 1.28. The smallest absolute Gasteiger partial charge is 0.264 e. The number of halogens is 2. The molecule has 0 atom stereocenters. The van der Waals surface area contributed by atoms with Crippen molar-refractivity contribution in [3.8, 4) is 0 Å². The molecule has 0 saturated heterocycles. The van der Waals surface area contributed by atoms with E-state index < -0.39 is 5.82 Å². The van der Waals surface area contributed by atoms with Gasteiger partial charge in [0, 0.05) is 6.20 Å². The zero-order valence-corrected chi connectivity index (χ0v) is 6.48. The zero-order valence-electron chi connectivity index (χ0n) is 4.32. The summed E-state index contributed by atoms with van der Waals surface area (Å²) in [4.78, 5) is 12.9. The van der Waals surface area contributed by atoms with Gasteiger partial charge < -0.3 is 4.98 Å². The van der Waals surface area contributed by atoms with Gasteiger partial charge in [0.1, 0.15) is 9.39 Å². The lowest BCUT2D eigenvalue weighted by Gasteiger charge is -1.87. The van der Waals surface area contributed by atoms with Crippen LogP contribution in [0.15, 0.2) is 17.1 Å². The van der Waals surface area contributed by atoms with Gasteiger partial charge in [-0.3, -0.25) is 4.79 Å². The molecule has 0 aliphatic heterocycles. The molecule has 0 spiro atoms. The third-order valence-electron chi connectivity index (χ3n) is 0.853. The summed E-state index contributed by atoms with van der Waals surface area (Å²) in [6.45, 7) is 0. The summed E-state index contributed by atoms with van der Waals surface area (Å²) in [5, 5.41) is 0. The number of hydrogen-bond acceptors (Lipinski definition) is 1. The Balaban J connectivity index is 3.43. The van der Waals surface area contributed by atoms with Crippen LogP contribution in [0.1, 0.15) is 0 Å². The Hall–Kier alpha value is -0.390. The average Bonchev–Trinajstić information content (AvgIpc) is 1.83. The summed E-state index contributed by atoms with van der Waals surface area (Å²) in [6, 6.07) is 1.21. The van der Waals surface area contributed by atoms with E-state index in [-0.39, 0.29) is 9.13 Å². The van der Waals surface area contributed by atoms with Gasteiger partial charge in [-0.15, -0.1) is 0 Å². The molecule has 2 nitrogen and oxygen atoms in total. The molecule has 0 radical (unpaired) electrons. The number of rotatable bonds is 0. The first-order chi connectivity index (χ1) is 4.22. The molecule has 0 aliphatic rings. The lowest BCUT2D eigenvalue weighted by atomic mass is 10.5. The first-order valence-corrected chi connectivity index (χ1v) is 3.32. The molecule has 0 unspecified atom stereocenters. The second-order valence-corrected chi connectivity index (χ2v) is 2.55. The molecule has 0 saturated carbocycles. The van der Waals surface area contributed by atoms with Gasteiger partial charge in [0.2, 0.25) is 0 Å². The van der Waals surface area contributed by atoms with Crippen molar-refractivity contribution in [3.05, 3.63) is 32.0 Å². The maximum absolute atomic E-state index is 12.4. The van der Waals surface area contributed by atoms with Gasteiger partial charge in [0.25, 0.3) is 5.56 Å². The minimum Gasteiger partial charge on any atom is -0.328 e. The van der Waals surface area contributed by atoms with E-state index in [4.69, 9.17) is 0 Å². The van der Waals surface area contributed by atoms with Crippen molar-refractivity contribution in [1.29, 1.82) is 0 Å². The molecule has 1 aromatic heterocycles. The van der Waals surface area contributed by atoms with Gasteiger partial charge >= 0.3 is 0 Å². The summed E-state index contributed by atoms with van der Waals surface area (Å²) in [5.74, 6) is -0.473. The van der Waals surface area contributed by atoms with Crippen LogP contribution in [0, 0.1) is 9.39 Å². The Morgan fingerprint density at radius 2 is 2.33 bits per heavy atom. The average molecular weight is 239 g/mol. The molecule has 1 aromatic rings. The largest absolute Gasteiger partial charge is 0.328 e. The van der Waals surface area contributed by atoms with Crippen molar-refractivity contribution >= 4 is 22.6 Å². The summed E-state index contributed by atoms with van der Waals surface area (Å²) in [7, 11) is 0. The molecule has 0 aromatic carbocycles. The van der Waals surface area contributed by atoms with E-state index in [2.05, 4.69) is 4.98 Å². The molecule has 1 N–H and O–H groups in total. The van der Waals surface area contributed by atoms with Crippen molar-refractivity contribution < 1.29 is 4.39 Å². The molecule has 1 heterocycles. The molecule has 0 amide bonds. The van der Waals surface area contributed by atoms with Gasteiger partial charge in [0.15, 0.2) is 0 Å². The van der Waals surface area contributed by atoms with E-state index in [1.165, 1.54) is 12.3 Å². The molecule has 0 bridgehead atoms. The second-order valence-electron chi connectivity index (χ2n) is 1.47. The standard InChI is InChI=1S/C5H3FINO/c6-3-1-2-8-5(9)4(3)7/h1-2H,(H,8,9). The fraction of sp³-hybridized carbons (Fsp3) is 0. The number of hydrogen-bond donors (Lipinski definition) is 1. The van der Waals surface area contributed by atoms with Gasteiger partial charge in [-0.1, -0.05) is 0 Å². The zero-order chi connectivity index (χ0) is 6.85. The van der Waals surface area contributed by atoms with Gasteiger partial charge in [0.05, 0.1) is 0 Å². The van der Waals surface area contributed by atoms with Crippen molar-refractivity contribution in [3.63, 3.8) is 0 Å². The van der Waals surface area contributed by atoms with E-state index in [9.17, 15) is 9.18 Å². The predicted octanol–water partition coefficient (Wildman–Crippen LogP) is 1.12. The minimum atomic E-state index is -0.473. The van der Waals surface area contributed by atoms with E-state index in [0.717, 1.165) is 0 Å². The molecular formula is C5H3FINO. The van der Waals surface area contributed by atoms with Crippen LogP contribution in [-0.4, -0.2) is 4.98 Å². The Kier molecular flexibility index (Phi) is 1.84. The monoisotopic (exact) mass is 239 g/mol. The van der Waals surface area contributed by atoms with Crippen molar-refractivity contribution in [2.24, 2.45) is 0 Å². The maximum Gasteiger partial charge on any atom is 0.264 e. The van der Waals surface area contributed by atoms with Crippen LogP contribution < -0.4 is 5.56 Å². The van der Waals surface area contributed by atoms with E-state index in [1.807, 2.05) is 0 Å². The molecule has 9 heavy (non-hydrogen) atoms. The summed E-state index contributed by atoms with van der Waals surface area (Å²) >= 11 is 1.65. The summed E-state index contributed by atoms with van der Waals surface area (Å²) in [5.41, 5.74) is -0.379. The SMILES string of the molecule is O=c1[nH]ccc(F)c1I. The highest BCUT2D eigenvalue weighted by molar-refractivity contribution is 14.1. The van der Waals surface area contributed by atoms with Gasteiger partial charge in [-0.25, -0.2) is 4.39 Å². The topological polar surface area (TPSA) is 32.9 Å². The van der Waals surface area contributed by atoms with Crippen LogP contribution in [0.3, 0.4) is 0 Å². The van der Waals surface area contributed by atoms with E-state index in [1.54, 1.807) is 22.6 Å². The van der Waals surface area contributed by atoms with Gasteiger partial charge in [-0.05, 0) is 28.7 Å². The molecule has 0 aliphatic carbocycles. The molecule has 0 fully saturated rings. The van der Waals surface area contributed by atoms with E-state index in [0.29, 0.717) is 0 Å². The van der Waals surface area contributed by atoms with Crippen LogP contribution in [0.2, 0.25) is 0 Å². The number of H-pyrrole nitrogens is 1. The Bertz CT molecular complexity index is 270. The van der Waals surface area contributed by atoms with Crippen LogP contribution in [-0.2, 0) is 0 Å². The Morgan fingerprint density at radius 3 is 2.78 bits per heavy atom. The van der Waals surface area contributed by atoms with Crippen molar-refractivity contribution in [2.45, 2.75) is 0 Å². The highest BCUT2D eigenvalue weighted by Crippen LogP contribution is 2.01. The quantitative estimate of drug-likeness (QED) is 0.676. The molecule has 1 rings (SSSR count). The second kappa shape index (κ2) is 2.47. The maximum atomic E-state index is 12.4. The Morgan fingerprint density at radius 1 is 1.67 bits per heavy atom.